The van der Waals surface area contributed by atoms with E-state index in [0.29, 0.717) is 5.92 Å². The molecule has 1 nitrogen and oxygen atoms in total. The van der Waals surface area contributed by atoms with E-state index in [2.05, 4.69) is 140 Å². The third-order valence-electron chi connectivity index (χ3n) is 9.83. The molecule has 1 unspecified atom stereocenters. The summed E-state index contributed by atoms with van der Waals surface area (Å²) < 4.78 is 6.41. The van der Waals surface area contributed by atoms with E-state index in [1.54, 1.807) is 27.1 Å². The first-order valence-electron chi connectivity index (χ1n) is 16.8. The Morgan fingerprint density at radius 2 is 0.955 bits per heavy atom. The Labute approximate surface area is 276 Å². The van der Waals surface area contributed by atoms with E-state index in [0.717, 1.165) is 6.04 Å². The number of allylic oxidation sites excluding steroid dienone is 4. The number of hydrogen-bond acceptors (Lipinski definition) is 1. The Balaban J connectivity index is 0.000000266. The second-order valence-electron chi connectivity index (χ2n) is 12.7. The average Bonchev–Trinajstić information content (AvgIpc) is 3.25. The summed E-state index contributed by atoms with van der Waals surface area (Å²) >= 11 is -2.21. The van der Waals surface area contributed by atoms with Gasteiger partial charge in [-0.1, -0.05) is 60.7 Å². The molecule has 0 radical (unpaired) electrons. The van der Waals surface area contributed by atoms with E-state index < -0.39 is 27.1 Å². The van der Waals surface area contributed by atoms with Crippen LogP contribution in [0.25, 0.3) is 11.1 Å². The zero-order valence-corrected chi connectivity index (χ0v) is 30.8. The largest absolute Gasteiger partial charge is 0.0622 e. The topological polar surface area (TPSA) is 12.0 Å². The van der Waals surface area contributed by atoms with Crippen molar-refractivity contribution in [3.63, 3.8) is 0 Å². The maximum absolute atomic E-state index is 4.54. The number of rotatable bonds is 7. The Morgan fingerprint density at radius 3 is 1.36 bits per heavy atom. The second kappa shape index (κ2) is 16.6. The van der Waals surface area contributed by atoms with E-state index in [1.807, 2.05) is 15.4 Å². The molecule has 1 fully saturated rings. The van der Waals surface area contributed by atoms with Crippen molar-refractivity contribution in [2.24, 2.45) is 5.92 Å². The minimum absolute atomic E-state index is 0.618. The molecule has 0 saturated heterocycles. The Kier molecular flexibility index (Phi) is 12.4. The van der Waals surface area contributed by atoms with Gasteiger partial charge in [0, 0.05) is 0 Å². The van der Waals surface area contributed by atoms with Gasteiger partial charge in [-0.3, -0.25) is 0 Å². The summed E-state index contributed by atoms with van der Waals surface area (Å²) in [4.78, 5) is 0. The zero-order chi connectivity index (χ0) is 30.7. The number of hydrogen-bond donors (Lipinski definition) is 1. The molecular formula is C41H50NSiZr. The van der Waals surface area contributed by atoms with Crippen LogP contribution in [0.1, 0.15) is 72.6 Å². The summed E-state index contributed by atoms with van der Waals surface area (Å²) in [5, 5.41) is 3.28. The van der Waals surface area contributed by atoms with Gasteiger partial charge in [-0.25, -0.2) is 0 Å². The first-order valence-corrected chi connectivity index (χ1v) is 25.2. The van der Waals surface area contributed by atoms with E-state index >= 15 is 0 Å². The molecule has 2 aliphatic rings. The van der Waals surface area contributed by atoms with Crippen LogP contribution >= 0.6 is 0 Å². The first kappa shape index (κ1) is 32.8. The smallest absolute Gasteiger partial charge is 0.0184 e. The standard InChI is InChI=1S/C12H11Si.C12H10.C9H13.C8H16N.Zr/c1-3-7-11(8-4-1)13-12-9-5-2-6-10-12;1-3-7-11(8-4-1)12-9-5-2-6-10-12;1-6-5-7(2)9(4)8(6)3;9-8-6-4-2-1-3-5-7-8;/h1-10,13H;1-10H;6H,1-4H3;8-9H,1-7H2;/q;;;-1;+1. The van der Waals surface area contributed by atoms with E-state index in [1.165, 1.54) is 56.1 Å². The van der Waals surface area contributed by atoms with Crippen LogP contribution < -0.4 is 13.6 Å². The fraction of sp³-hybridized carbons (Fsp3) is 0.317. The molecule has 44 heavy (non-hydrogen) atoms. The summed E-state index contributed by atoms with van der Waals surface area (Å²) in [6, 6.07) is 44.7. The van der Waals surface area contributed by atoms with Crippen molar-refractivity contribution < 1.29 is 21.2 Å². The van der Waals surface area contributed by atoms with Crippen LogP contribution in [0.5, 0.6) is 0 Å². The summed E-state index contributed by atoms with van der Waals surface area (Å²) in [5.74, 6) is -0.728. The molecule has 0 spiro atoms. The van der Waals surface area contributed by atoms with Gasteiger partial charge >= 0.3 is 206 Å². The Bertz CT molecular complexity index is 1410. The number of nitrogens with one attached hydrogen (secondary N) is 1. The van der Waals surface area contributed by atoms with Crippen molar-refractivity contribution in [1.82, 2.24) is 3.26 Å². The predicted octanol–water partition coefficient (Wildman–Crippen LogP) is 9.37. The molecule has 1 saturated carbocycles. The Hall–Kier alpha value is -2.58. The number of benzene rings is 4. The summed E-state index contributed by atoms with van der Waals surface area (Å²) in [7, 11) is 0. The third kappa shape index (κ3) is 8.36. The quantitative estimate of drug-likeness (QED) is 0.193. The van der Waals surface area contributed by atoms with E-state index in [-0.39, 0.29) is 0 Å². The molecule has 227 valence electrons. The molecule has 6 rings (SSSR count). The minimum Gasteiger partial charge on any atom is -0.0622 e. The van der Waals surface area contributed by atoms with Gasteiger partial charge in [-0.05, 0) is 11.1 Å². The van der Waals surface area contributed by atoms with Crippen molar-refractivity contribution in [3.8, 4) is 11.1 Å². The third-order valence-corrected chi connectivity index (χ3v) is 29.7. The fourth-order valence-electron chi connectivity index (χ4n) is 7.01. The molecule has 0 aliphatic heterocycles. The van der Waals surface area contributed by atoms with Crippen LogP contribution in [0, 0.1) is 5.92 Å². The van der Waals surface area contributed by atoms with E-state index in [4.69, 9.17) is 0 Å². The van der Waals surface area contributed by atoms with E-state index in [9.17, 15) is 0 Å². The van der Waals surface area contributed by atoms with Crippen molar-refractivity contribution in [2.45, 2.75) is 78.7 Å². The van der Waals surface area contributed by atoms with Gasteiger partial charge < -0.3 is 0 Å². The monoisotopic (exact) mass is 674 g/mol. The summed E-state index contributed by atoms with van der Waals surface area (Å²) in [5.41, 5.74) is 7.37. The van der Waals surface area contributed by atoms with Crippen molar-refractivity contribution in [2.75, 3.05) is 0 Å². The van der Waals surface area contributed by atoms with Crippen LogP contribution in [-0.2, 0) is 21.2 Å². The summed E-state index contributed by atoms with van der Waals surface area (Å²) in [6.45, 7) is 9.67. The summed E-state index contributed by atoms with van der Waals surface area (Å²) in [6.07, 6.45) is 9.84. The van der Waals surface area contributed by atoms with Gasteiger partial charge in [-0.2, -0.15) is 0 Å². The maximum atomic E-state index is 4.54. The Morgan fingerprint density at radius 1 is 0.545 bits per heavy atom. The molecule has 0 bridgehead atoms. The van der Waals surface area contributed by atoms with Gasteiger partial charge in [0.05, 0.1) is 0 Å². The molecule has 3 heteroatoms. The van der Waals surface area contributed by atoms with Gasteiger partial charge in [0.2, 0.25) is 0 Å². The van der Waals surface area contributed by atoms with Gasteiger partial charge in [-0.15, -0.1) is 0 Å². The molecule has 4 aromatic rings. The molecule has 0 heterocycles. The molecule has 1 atom stereocenters. The molecular weight excluding hydrogens is 626 g/mol. The van der Waals surface area contributed by atoms with Crippen molar-refractivity contribution in [1.29, 1.82) is 0 Å². The molecule has 2 aliphatic carbocycles. The first-order chi connectivity index (χ1) is 21.5. The zero-order valence-electron chi connectivity index (χ0n) is 27.2. The van der Waals surface area contributed by atoms with Crippen molar-refractivity contribution >= 4 is 16.3 Å². The second-order valence-corrected chi connectivity index (χ2v) is 26.6. The van der Waals surface area contributed by atoms with Crippen LogP contribution in [0.4, 0.5) is 0 Å². The molecule has 4 aromatic carbocycles. The van der Waals surface area contributed by atoms with Gasteiger partial charge in [0.1, 0.15) is 0 Å². The van der Waals surface area contributed by atoms with Crippen LogP contribution in [0.15, 0.2) is 141 Å². The predicted molar refractivity (Wildman–Crippen MR) is 191 cm³/mol. The van der Waals surface area contributed by atoms with Crippen LogP contribution in [-0.4, -0.2) is 12.0 Å². The van der Waals surface area contributed by atoms with Crippen LogP contribution in [0.2, 0.25) is 0 Å². The average molecular weight is 676 g/mol. The van der Waals surface area contributed by atoms with Crippen LogP contribution in [0.3, 0.4) is 0 Å². The molecule has 1 N–H and O–H groups in total. The SMILES string of the molecule is CC1=C(C)C(C)[C]([Zr]([NH]C2CCCCCCC2)[SiH](c2ccccc2)c2ccccc2)=C1C.c1ccc(-c2ccccc2)cc1. The molecule has 0 aromatic heterocycles. The van der Waals surface area contributed by atoms with Gasteiger partial charge in [0.15, 0.2) is 0 Å². The van der Waals surface area contributed by atoms with Gasteiger partial charge in [0.25, 0.3) is 0 Å². The normalized spacial score (nSPS) is 17.6. The maximum Gasteiger partial charge on any atom is -0.0184 e. The van der Waals surface area contributed by atoms with Crippen molar-refractivity contribution in [3.05, 3.63) is 141 Å². The fourth-order valence-corrected chi connectivity index (χ4v) is 30.5. The minimum atomic E-state index is -2.21. The molecule has 0 amide bonds.